The van der Waals surface area contributed by atoms with Crippen LogP contribution in [0.2, 0.25) is 0 Å². The van der Waals surface area contributed by atoms with E-state index in [-0.39, 0.29) is 24.4 Å². The summed E-state index contributed by atoms with van der Waals surface area (Å²) in [7, 11) is 1.77. The number of benzene rings is 2. The van der Waals surface area contributed by atoms with Gasteiger partial charge in [-0.1, -0.05) is 42.0 Å². The first-order valence-electron chi connectivity index (χ1n) is 10.4. The number of nitrogens with zero attached hydrogens (tertiary/aromatic N) is 3. The molecule has 1 aliphatic carbocycles. The Kier molecular flexibility index (Phi) is 5.33. The zero-order valence-electron chi connectivity index (χ0n) is 17.7. The van der Waals surface area contributed by atoms with Crippen molar-refractivity contribution in [3.63, 3.8) is 0 Å². The van der Waals surface area contributed by atoms with Crippen molar-refractivity contribution in [2.24, 2.45) is 0 Å². The molecular weight excluding hydrogens is 378 g/mol. The lowest BCUT2D eigenvalue weighted by Gasteiger charge is -2.34. The summed E-state index contributed by atoms with van der Waals surface area (Å²) in [6.07, 6.45) is 2.91. The topological polar surface area (TPSA) is 60.9 Å². The summed E-state index contributed by atoms with van der Waals surface area (Å²) in [6.45, 7) is 3.43. The Balaban J connectivity index is 1.51. The van der Waals surface area contributed by atoms with E-state index in [1.165, 1.54) is 10.5 Å². The van der Waals surface area contributed by atoms with Gasteiger partial charge in [0.1, 0.15) is 12.6 Å². The van der Waals surface area contributed by atoms with Crippen molar-refractivity contribution in [3.8, 4) is 0 Å². The molecule has 1 aliphatic heterocycles. The first kappa shape index (κ1) is 20.1. The summed E-state index contributed by atoms with van der Waals surface area (Å²) in [6, 6.07) is 14.5. The first-order valence-corrected chi connectivity index (χ1v) is 10.4. The molecule has 0 saturated carbocycles. The van der Waals surface area contributed by atoms with Gasteiger partial charge in [0.05, 0.1) is 6.04 Å². The first-order chi connectivity index (χ1) is 14.4. The molecule has 30 heavy (non-hydrogen) atoms. The fraction of sp³-hybridized carbons (Fsp3) is 0.375. The molecule has 156 valence electrons. The van der Waals surface area contributed by atoms with Gasteiger partial charge in [-0.2, -0.15) is 0 Å². The highest BCUT2D eigenvalue weighted by molar-refractivity contribution is 6.15. The van der Waals surface area contributed by atoms with Crippen LogP contribution in [0.4, 0.5) is 10.5 Å². The van der Waals surface area contributed by atoms with E-state index >= 15 is 0 Å². The highest BCUT2D eigenvalue weighted by Gasteiger charge is 2.44. The van der Waals surface area contributed by atoms with Crippen molar-refractivity contribution in [1.29, 1.82) is 0 Å². The third kappa shape index (κ3) is 3.47. The number of carbonyl (C=O) groups excluding carboxylic acids is 3. The van der Waals surface area contributed by atoms with Crippen molar-refractivity contribution in [2.45, 2.75) is 45.2 Å². The molecule has 0 N–H and O–H groups in total. The number of hydrogen-bond donors (Lipinski definition) is 0. The van der Waals surface area contributed by atoms with Crippen molar-refractivity contribution in [2.75, 3.05) is 18.5 Å². The highest BCUT2D eigenvalue weighted by Crippen LogP contribution is 2.34. The van der Waals surface area contributed by atoms with Crippen LogP contribution in [-0.4, -0.2) is 47.3 Å². The standard InChI is InChI=1S/C24H27N3O3/c1-16-11-13-19(14-12-16)27-17(2)23(29)26(24(27)30)15-22(28)25(3)21-10-6-8-18-7-4-5-9-20(18)21/h4-5,7,9,11-14,17,21H,6,8,10,15H2,1-3H3/t17-,21+/m1/s1. The van der Waals surface area contributed by atoms with Gasteiger partial charge in [-0.15, -0.1) is 0 Å². The normalized spacial score (nSPS) is 21.0. The molecule has 6 nitrogen and oxygen atoms in total. The highest BCUT2D eigenvalue weighted by atomic mass is 16.2. The lowest BCUT2D eigenvalue weighted by atomic mass is 9.87. The van der Waals surface area contributed by atoms with Crippen LogP contribution >= 0.6 is 0 Å². The fourth-order valence-corrected chi connectivity index (χ4v) is 4.46. The molecule has 1 heterocycles. The summed E-state index contributed by atoms with van der Waals surface area (Å²) < 4.78 is 0. The van der Waals surface area contributed by atoms with Crippen molar-refractivity contribution < 1.29 is 14.4 Å². The molecule has 2 aromatic rings. The number of imide groups is 1. The van der Waals surface area contributed by atoms with E-state index in [0.29, 0.717) is 5.69 Å². The zero-order chi connectivity index (χ0) is 21.4. The molecule has 0 spiro atoms. The smallest absolute Gasteiger partial charge is 0.332 e. The summed E-state index contributed by atoms with van der Waals surface area (Å²) in [5, 5.41) is 0. The average Bonchev–Trinajstić information content (AvgIpc) is 2.96. The van der Waals surface area contributed by atoms with Crippen LogP contribution in [0, 0.1) is 6.92 Å². The van der Waals surface area contributed by atoms with E-state index in [2.05, 4.69) is 12.1 Å². The number of anilines is 1. The Labute approximate surface area is 177 Å². The molecule has 1 fully saturated rings. The van der Waals surface area contributed by atoms with Crippen molar-refractivity contribution in [1.82, 2.24) is 9.80 Å². The van der Waals surface area contributed by atoms with Gasteiger partial charge >= 0.3 is 6.03 Å². The third-order valence-electron chi connectivity index (χ3n) is 6.25. The second kappa shape index (κ2) is 7.94. The molecule has 6 heteroatoms. The van der Waals surface area contributed by atoms with Crippen molar-refractivity contribution in [3.05, 3.63) is 65.2 Å². The minimum absolute atomic E-state index is 0.0270. The molecule has 1 saturated heterocycles. The fourth-order valence-electron chi connectivity index (χ4n) is 4.46. The SMILES string of the molecule is Cc1ccc(N2C(=O)N(CC(=O)N(C)[C@H]3CCCc4ccccc43)C(=O)[C@H]2C)cc1. The van der Waals surface area contributed by atoms with E-state index < -0.39 is 12.1 Å². The van der Waals surface area contributed by atoms with Crippen LogP contribution in [0.5, 0.6) is 0 Å². The number of hydrogen-bond acceptors (Lipinski definition) is 3. The Morgan fingerprint density at radius 1 is 1.10 bits per heavy atom. The van der Waals surface area contributed by atoms with Gasteiger partial charge in [0.15, 0.2) is 0 Å². The molecule has 2 aliphatic rings. The predicted molar refractivity (Wildman–Crippen MR) is 115 cm³/mol. The summed E-state index contributed by atoms with van der Waals surface area (Å²) in [4.78, 5) is 43.1. The lowest BCUT2D eigenvalue weighted by molar-refractivity contribution is -0.138. The Morgan fingerprint density at radius 2 is 1.80 bits per heavy atom. The van der Waals surface area contributed by atoms with Crippen LogP contribution in [0.1, 0.15) is 42.5 Å². The van der Waals surface area contributed by atoms with Gasteiger partial charge in [0, 0.05) is 12.7 Å². The number of likely N-dealkylation sites (N-methyl/N-ethyl adjacent to an activating group) is 1. The van der Waals surface area contributed by atoms with Crippen molar-refractivity contribution >= 4 is 23.5 Å². The number of fused-ring (bicyclic) bond motifs is 1. The van der Waals surface area contributed by atoms with Gasteiger partial charge in [-0.25, -0.2) is 4.79 Å². The number of aryl methyl sites for hydroxylation is 2. The molecule has 2 atom stereocenters. The predicted octanol–water partition coefficient (Wildman–Crippen LogP) is 3.69. The Hall–Kier alpha value is -3.15. The maximum absolute atomic E-state index is 13.1. The quantitative estimate of drug-likeness (QED) is 0.729. The van der Waals surface area contributed by atoms with Crippen LogP contribution in [0.3, 0.4) is 0 Å². The van der Waals surface area contributed by atoms with E-state index in [1.54, 1.807) is 18.9 Å². The van der Waals surface area contributed by atoms with Crippen LogP contribution < -0.4 is 4.90 Å². The molecular formula is C24H27N3O3. The monoisotopic (exact) mass is 405 g/mol. The molecule has 2 aromatic carbocycles. The summed E-state index contributed by atoms with van der Waals surface area (Å²) >= 11 is 0. The maximum atomic E-state index is 13.1. The van der Waals surface area contributed by atoms with Gasteiger partial charge in [-0.3, -0.25) is 19.4 Å². The van der Waals surface area contributed by atoms with Crippen LogP contribution in [0.25, 0.3) is 0 Å². The average molecular weight is 405 g/mol. The van der Waals surface area contributed by atoms with Gasteiger partial charge in [-0.05, 0) is 56.4 Å². The number of rotatable bonds is 4. The molecule has 4 amide bonds. The number of amides is 4. The number of carbonyl (C=O) groups is 3. The molecule has 0 bridgehead atoms. The van der Waals surface area contributed by atoms with E-state index in [9.17, 15) is 14.4 Å². The second-order valence-electron chi connectivity index (χ2n) is 8.20. The van der Waals surface area contributed by atoms with Crippen LogP contribution in [-0.2, 0) is 16.0 Å². The minimum Gasteiger partial charge on any atom is -0.337 e. The van der Waals surface area contributed by atoms with E-state index in [0.717, 1.165) is 35.3 Å². The lowest BCUT2D eigenvalue weighted by Crippen LogP contribution is -2.43. The molecule has 4 rings (SSSR count). The minimum atomic E-state index is -0.631. The Morgan fingerprint density at radius 3 is 2.53 bits per heavy atom. The maximum Gasteiger partial charge on any atom is 0.332 e. The zero-order valence-corrected chi connectivity index (χ0v) is 17.7. The number of urea groups is 1. The second-order valence-corrected chi connectivity index (χ2v) is 8.20. The summed E-state index contributed by atoms with van der Waals surface area (Å²) in [5.41, 5.74) is 4.16. The van der Waals surface area contributed by atoms with Gasteiger partial charge in [0.2, 0.25) is 5.91 Å². The van der Waals surface area contributed by atoms with E-state index in [1.807, 2.05) is 43.3 Å². The van der Waals surface area contributed by atoms with Gasteiger partial charge in [0.25, 0.3) is 5.91 Å². The Bertz CT molecular complexity index is 985. The third-order valence-corrected chi connectivity index (χ3v) is 6.25. The molecule has 0 aromatic heterocycles. The summed E-state index contributed by atoms with van der Waals surface area (Å²) in [5.74, 6) is -0.567. The molecule has 0 radical (unpaired) electrons. The van der Waals surface area contributed by atoms with Gasteiger partial charge < -0.3 is 4.90 Å². The van der Waals surface area contributed by atoms with E-state index in [4.69, 9.17) is 0 Å². The molecule has 0 unspecified atom stereocenters. The largest absolute Gasteiger partial charge is 0.337 e. The van der Waals surface area contributed by atoms with Crippen LogP contribution in [0.15, 0.2) is 48.5 Å².